The predicted octanol–water partition coefficient (Wildman–Crippen LogP) is 20.2. The third-order valence-corrected chi connectivity index (χ3v) is 16.4. The molecule has 0 aliphatic carbocycles. The van der Waals surface area contributed by atoms with E-state index in [4.69, 9.17) is 0 Å². The van der Waals surface area contributed by atoms with Crippen molar-refractivity contribution in [1.82, 2.24) is 0 Å². The van der Waals surface area contributed by atoms with Crippen LogP contribution in [0.4, 0.5) is 34.1 Å². The molecule has 0 saturated carbocycles. The smallest absolute Gasteiger partial charge is 0.0640 e. The van der Waals surface area contributed by atoms with Gasteiger partial charge < -0.3 is 9.80 Å². The normalized spacial score (nSPS) is 11.7. The summed E-state index contributed by atoms with van der Waals surface area (Å²) in [6, 6.07) is 94.2. The highest BCUT2D eigenvalue weighted by atomic mass is 32.1. The summed E-state index contributed by atoms with van der Waals surface area (Å²) in [5.41, 5.74) is 11.4. The molecule has 2 nitrogen and oxygen atoms in total. The second-order valence-corrected chi connectivity index (χ2v) is 20.1. The number of hydrogen-bond acceptors (Lipinski definition) is 4. The molecule has 0 aliphatic heterocycles. The SMILES string of the molecule is c1ccc(-c2cc(N(c3cccc4ccccc34)c3cccc4c3sc3ccccc34)c3cc(N(c4ccc5ccccc5c4)c4cccc5c4sc4ccccc45)c(-c4ccccc4)cc3c2)cc1. The van der Waals surface area contributed by atoms with Gasteiger partial charge in [-0.15, -0.1) is 22.7 Å². The van der Waals surface area contributed by atoms with Gasteiger partial charge in [0, 0.05) is 53.0 Å². The summed E-state index contributed by atoms with van der Waals surface area (Å²) < 4.78 is 5.07. The van der Waals surface area contributed by atoms with Crippen molar-refractivity contribution in [2.75, 3.05) is 9.80 Å². The molecule has 2 heterocycles. The summed E-state index contributed by atoms with van der Waals surface area (Å²) in [6.07, 6.45) is 0. The Balaban J connectivity index is 1.14. The van der Waals surface area contributed by atoms with Gasteiger partial charge in [0.1, 0.15) is 0 Å². The molecule has 0 aliphatic rings. The minimum Gasteiger partial charge on any atom is -0.308 e. The first kappa shape index (κ1) is 40.5. The maximum atomic E-state index is 2.56. The quantitative estimate of drug-likeness (QED) is 0.150. The zero-order valence-corrected chi connectivity index (χ0v) is 39.6. The number of fused-ring (bicyclic) bond motifs is 9. The van der Waals surface area contributed by atoms with Crippen molar-refractivity contribution in [2.45, 2.75) is 0 Å². The molecule has 14 aromatic rings. The average Bonchev–Trinajstić information content (AvgIpc) is 4.01. The highest BCUT2D eigenvalue weighted by Gasteiger charge is 2.27. The number of benzene rings is 12. The summed E-state index contributed by atoms with van der Waals surface area (Å²) in [4.78, 5) is 5.10. The van der Waals surface area contributed by atoms with Gasteiger partial charge in [-0.3, -0.25) is 0 Å². The van der Waals surface area contributed by atoms with Crippen LogP contribution in [0.1, 0.15) is 0 Å². The molecule has 0 atom stereocenters. The van der Waals surface area contributed by atoms with Crippen LogP contribution in [0.5, 0.6) is 0 Å². The molecule has 0 fully saturated rings. The van der Waals surface area contributed by atoms with Crippen molar-refractivity contribution in [3.05, 3.63) is 255 Å². The van der Waals surface area contributed by atoms with Gasteiger partial charge in [-0.25, -0.2) is 0 Å². The van der Waals surface area contributed by atoms with Crippen LogP contribution in [0, 0.1) is 0 Å². The van der Waals surface area contributed by atoms with Crippen molar-refractivity contribution in [2.24, 2.45) is 0 Å². The molecule has 0 bridgehead atoms. The van der Waals surface area contributed by atoms with Crippen LogP contribution in [-0.4, -0.2) is 0 Å². The maximum absolute atomic E-state index is 2.56. The molecule has 0 unspecified atom stereocenters. The van der Waals surface area contributed by atoms with E-state index in [2.05, 4.69) is 265 Å². The predicted molar refractivity (Wildman–Crippen MR) is 305 cm³/mol. The van der Waals surface area contributed by atoms with Gasteiger partial charge in [0.05, 0.1) is 37.8 Å². The Morgan fingerprint density at radius 3 is 1.47 bits per heavy atom. The number of nitrogens with zero attached hydrogens (tertiary/aromatic N) is 2. The molecule has 0 spiro atoms. The number of rotatable bonds is 8. The fraction of sp³-hybridized carbons (Fsp3) is 0. The van der Waals surface area contributed by atoms with E-state index < -0.39 is 0 Å². The van der Waals surface area contributed by atoms with E-state index in [0.29, 0.717) is 0 Å². The van der Waals surface area contributed by atoms with Crippen molar-refractivity contribution in [3.63, 3.8) is 0 Å². The first-order valence-electron chi connectivity index (χ1n) is 23.8. The van der Waals surface area contributed by atoms with E-state index in [9.17, 15) is 0 Å². The largest absolute Gasteiger partial charge is 0.308 e. The van der Waals surface area contributed by atoms with Gasteiger partial charge >= 0.3 is 0 Å². The molecule has 4 heteroatoms. The van der Waals surface area contributed by atoms with Crippen molar-refractivity contribution < 1.29 is 0 Å². The van der Waals surface area contributed by atoms with Gasteiger partial charge in [-0.05, 0) is 105 Å². The zero-order chi connectivity index (χ0) is 46.1. The van der Waals surface area contributed by atoms with E-state index in [1.54, 1.807) is 0 Å². The summed E-state index contributed by atoms with van der Waals surface area (Å²) in [5.74, 6) is 0. The Morgan fingerprint density at radius 1 is 0.243 bits per heavy atom. The van der Waals surface area contributed by atoms with Crippen LogP contribution >= 0.6 is 22.7 Å². The molecule has 328 valence electrons. The molecule has 0 saturated heterocycles. The minimum atomic E-state index is 1.10. The van der Waals surface area contributed by atoms with Crippen LogP contribution in [0.15, 0.2) is 255 Å². The molecular weight excluding hydrogens is 885 g/mol. The maximum Gasteiger partial charge on any atom is 0.0640 e. The lowest BCUT2D eigenvalue weighted by atomic mass is 9.93. The van der Waals surface area contributed by atoms with Crippen molar-refractivity contribution in [1.29, 1.82) is 0 Å². The van der Waals surface area contributed by atoms with Crippen LogP contribution in [0.3, 0.4) is 0 Å². The van der Waals surface area contributed by atoms with Gasteiger partial charge in [-0.2, -0.15) is 0 Å². The van der Waals surface area contributed by atoms with Crippen LogP contribution in [0.25, 0.3) is 94.9 Å². The topological polar surface area (TPSA) is 6.48 Å². The highest BCUT2D eigenvalue weighted by molar-refractivity contribution is 7.26. The monoisotopic (exact) mass is 926 g/mol. The molecular formula is C66H42N2S2. The van der Waals surface area contributed by atoms with Crippen molar-refractivity contribution >= 4 is 129 Å². The molecule has 12 aromatic carbocycles. The molecule has 0 amide bonds. The van der Waals surface area contributed by atoms with E-state index in [-0.39, 0.29) is 0 Å². The van der Waals surface area contributed by atoms with Crippen LogP contribution in [0.2, 0.25) is 0 Å². The average molecular weight is 927 g/mol. The third-order valence-electron chi connectivity index (χ3n) is 14.0. The Morgan fingerprint density at radius 2 is 0.771 bits per heavy atom. The second-order valence-electron chi connectivity index (χ2n) is 18.0. The van der Waals surface area contributed by atoms with Crippen molar-refractivity contribution in [3.8, 4) is 22.3 Å². The second kappa shape index (κ2) is 16.6. The Kier molecular flexibility index (Phi) is 9.61. The zero-order valence-electron chi connectivity index (χ0n) is 38.0. The van der Waals surface area contributed by atoms with E-state index in [1.807, 2.05) is 22.7 Å². The lowest BCUT2D eigenvalue weighted by Crippen LogP contribution is -2.13. The third kappa shape index (κ3) is 6.68. The number of anilines is 6. The lowest BCUT2D eigenvalue weighted by molar-refractivity contribution is 1.31. The molecule has 2 aromatic heterocycles. The fourth-order valence-corrected chi connectivity index (χ4v) is 13.1. The van der Waals surface area contributed by atoms with Gasteiger partial charge in [-0.1, -0.05) is 188 Å². The fourth-order valence-electron chi connectivity index (χ4n) is 10.7. The lowest BCUT2D eigenvalue weighted by Gasteiger charge is -2.32. The van der Waals surface area contributed by atoms with Gasteiger partial charge in [0.25, 0.3) is 0 Å². The Labute approximate surface area is 413 Å². The molecule has 70 heavy (non-hydrogen) atoms. The van der Waals surface area contributed by atoms with Crippen LogP contribution in [-0.2, 0) is 0 Å². The number of hydrogen-bond donors (Lipinski definition) is 0. The highest BCUT2D eigenvalue weighted by Crippen LogP contribution is 2.53. The Bertz CT molecular complexity index is 4320. The van der Waals surface area contributed by atoms with E-state index in [1.165, 1.54) is 67.5 Å². The van der Waals surface area contributed by atoms with E-state index in [0.717, 1.165) is 61.6 Å². The molecule has 14 rings (SSSR count). The summed E-state index contributed by atoms with van der Waals surface area (Å²) >= 11 is 3.75. The van der Waals surface area contributed by atoms with Gasteiger partial charge in [0.2, 0.25) is 0 Å². The molecule has 0 N–H and O–H groups in total. The van der Waals surface area contributed by atoms with Gasteiger partial charge in [0.15, 0.2) is 0 Å². The van der Waals surface area contributed by atoms with Crippen LogP contribution < -0.4 is 9.80 Å². The minimum absolute atomic E-state index is 1.10. The first-order valence-corrected chi connectivity index (χ1v) is 25.5. The van der Waals surface area contributed by atoms with E-state index >= 15 is 0 Å². The molecule has 0 radical (unpaired) electrons. The summed E-state index contributed by atoms with van der Waals surface area (Å²) in [6.45, 7) is 0. The Hall–Kier alpha value is -8.54. The summed E-state index contributed by atoms with van der Waals surface area (Å²) in [7, 11) is 0. The number of thiophene rings is 2. The summed E-state index contributed by atoms with van der Waals surface area (Å²) in [5, 5.41) is 12.2. The first-order chi connectivity index (χ1) is 34.7. The standard InChI is InChI=1S/C66H42N2S2/c1-3-18-43(19-4-1)48-38-49-40-56(46-21-5-2-6-22-46)62(67(50-37-36-44-20-7-8-24-47(44)39-50)59-32-16-29-54-52-27-11-13-34-63(52)69-65(54)59)42-57(49)61(41-48)68(58-31-15-25-45-23-9-10-26-51(45)58)60-33-17-30-55-53-28-12-14-35-64(53)70-66(55)60/h1-42H.